The number of methoxy groups -OCH3 is 1. The molecule has 45 heavy (non-hydrogen) atoms. The quantitative estimate of drug-likeness (QED) is 0.137. The summed E-state index contributed by atoms with van der Waals surface area (Å²) in [5.74, 6) is -0.412. The molecule has 4 amide bonds. The molecule has 1 fully saturated rings. The first kappa shape index (κ1) is 29.5. The number of benzene rings is 5. The van der Waals surface area contributed by atoms with Gasteiger partial charge < -0.3 is 14.2 Å². The summed E-state index contributed by atoms with van der Waals surface area (Å²) in [4.78, 5) is 39.9. The number of carbonyl (C=O) groups is 3. The van der Waals surface area contributed by atoms with Crippen LogP contribution in [0.3, 0.4) is 0 Å². The van der Waals surface area contributed by atoms with Gasteiger partial charge in [0.2, 0.25) is 0 Å². The molecule has 9 heteroatoms. The zero-order chi connectivity index (χ0) is 31.3. The minimum Gasteiger partial charge on any atom is -0.493 e. The van der Waals surface area contributed by atoms with Crippen LogP contribution in [-0.4, -0.2) is 25.0 Å². The van der Waals surface area contributed by atoms with Crippen LogP contribution in [0.25, 0.3) is 16.8 Å². The van der Waals surface area contributed by atoms with Gasteiger partial charge in [-0.25, -0.2) is 9.69 Å². The van der Waals surface area contributed by atoms with Gasteiger partial charge in [0.05, 0.1) is 17.8 Å². The lowest BCUT2D eigenvalue weighted by molar-refractivity contribution is -0.122. The second-order valence-corrected chi connectivity index (χ2v) is 10.6. The summed E-state index contributed by atoms with van der Waals surface area (Å²) in [7, 11) is 1.47. The maximum absolute atomic E-state index is 13.5. The highest BCUT2D eigenvalue weighted by molar-refractivity contribution is 6.39. The molecule has 6 rings (SSSR count). The van der Waals surface area contributed by atoms with E-state index in [0.29, 0.717) is 29.4 Å². The average Bonchev–Trinajstić information content (AvgIpc) is 3.06. The van der Waals surface area contributed by atoms with Gasteiger partial charge in [-0.2, -0.15) is 0 Å². The zero-order valence-corrected chi connectivity index (χ0v) is 24.9. The van der Waals surface area contributed by atoms with Gasteiger partial charge in [0, 0.05) is 0 Å². The summed E-state index contributed by atoms with van der Waals surface area (Å²) >= 11 is 6.62. The molecule has 224 valence electrons. The summed E-state index contributed by atoms with van der Waals surface area (Å²) < 4.78 is 17.5. The third kappa shape index (κ3) is 6.37. The Hall–Kier alpha value is -5.60. The molecular weight excluding hydrogens is 592 g/mol. The summed E-state index contributed by atoms with van der Waals surface area (Å²) in [6, 6.07) is 32.4. The number of nitrogens with one attached hydrogen (secondary N) is 1. The van der Waals surface area contributed by atoms with Crippen molar-refractivity contribution in [3.8, 4) is 17.2 Å². The molecule has 0 aromatic heterocycles. The van der Waals surface area contributed by atoms with Crippen LogP contribution in [-0.2, 0) is 22.8 Å². The Morgan fingerprint density at radius 2 is 1.53 bits per heavy atom. The SMILES string of the molecule is COc1cc(/C=C2\C(=O)NC(=O)N(c3ccc(OCc4ccccc4)cc3)C2=O)cc(Cl)c1OCc1cccc2ccccc12. The number of halogens is 1. The van der Waals surface area contributed by atoms with E-state index in [2.05, 4.69) is 5.32 Å². The molecule has 0 saturated carbocycles. The van der Waals surface area contributed by atoms with E-state index in [-0.39, 0.29) is 22.9 Å². The summed E-state index contributed by atoms with van der Waals surface area (Å²) in [5.41, 5.74) is 2.41. The van der Waals surface area contributed by atoms with Crippen molar-refractivity contribution in [1.82, 2.24) is 5.32 Å². The van der Waals surface area contributed by atoms with Gasteiger partial charge in [0.15, 0.2) is 11.5 Å². The van der Waals surface area contributed by atoms with Crippen LogP contribution in [0.1, 0.15) is 16.7 Å². The van der Waals surface area contributed by atoms with E-state index in [1.807, 2.05) is 72.8 Å². The second-order valence-electron chi connectivity index (χ2n) is 10.2. The maximum atomic E-state index is 13.5. The second kappa shape index (κ2) is 13.0. The van der Waals surface area contributed by atoms with Gasteiger partial charge in [-0.15, -0.1) is 0 Å². The standard InChI is InChI=1S/C36H27ClN2O6/c1-43-32-20-24(19-31(37)33(32)45-22-26-12-7-11-25-10-5-6-13-29(25)26)18-30-34(40)38-36(42)39(35(30)41)27-14-16-28(17-15-27)44-21-23-8-3-2-4-9-23/h2-20H,21-22H2,1H3,(H,38,40,42)/b30-18+. The van der Waals surface area contributed by atoms with E-state index >= 15 is 0 Å². The fraction of sp³-hybridized carbons (Fsp3) is 0.0833. The molecule has 1 aliphatic heterocycles. The monoisotopic (exact) mass is 618 g/mol. The Morgan fingerprint density at radius 3 is 2.31 bits per heavy atom. The number of amides is 4. The van der Waals surface area contributed by atoms with Gasteiger partial charge in [-0.05, 0) is 69.9 Å². The Balaban J connectivity index is 1.21. The number of fused-ring (bicyclic) bond motifs is 1. The van der Waals surface area contributed by atoms with Crippen molar-refractivity contribution in [1.29, 1.82) is 0 Å². The number of imide groups is 2. The van der Waals surface area contributed by atoms with Crippen LogP contribution >= 0.6 is 11.6 Å². The number of ether oxygens (including phenoxy) is 3. The minimum absolute atomic E-state index is 0.226. The van der Waals surface area contributed by atoms with E-state index < -0.39 is 17.8 Å². The largest absolute Gasteiger partial charge is 0.493 e. The van der Waals surface area contributed by atoms with Crippen LogP contribution in [0.4, 0.5) is 10.5 Å². The number of barbiturate groups is 1. The van der Waals surface area contributed by atoms with Gasteiger partial charge in [-0.1, -0.05) is 84.4 Å². The Morgan fingerprint density at radius 1 is 0.800 bits per heavy atom. The van der Waals surface area contributed by atoms with Gasteiger partial charge >= 0.3 is 6.03 Å². The van der Waals surface area contributed by atoms with Crippen LogP contribution in [0.5, 0.6) is 17.2 Å². The summed E-state index contributed by atoms with van der Waals surface area (Å²) in [5, 5.41) is 4.62. The van der Waals surface area contributed by atoms with Crippen LogP contribution in [0.15, 0.2) is 115 Å². The number of hydrogen-bond acceptors (Lipinski definition) is 6. The highest BCUT2D eigenvalue weighted by atomic mass is 35.5. The van der Waals surface area contributed by atoms with E-state index in [1.54, 1.807) is 36.4 Å². The third-order valence-corrected chi connectivity index (χ3v) is 7.54. The van der Waals surface area contributed by atoms with Crippen LogP contribution < -0.4 is 24.4 Å². The Labute approximate surface area is 264 Å². The minimum atomic E-state index is -0.854. The molecule has 1 heterocycles. The molecular formula is C36H27ClN2O6. The topological polar surface area (TPSA) is 94.2 Å². The first-order chi connectivity index (χ1) is 21.9. The number of hydrogen-bond donors (Lipinski definition) is 1. The fourth-order valence-electron chi connectivity index (χ4n) is 5.02. The van der Waals surface area contributed by atoms with Crippen molar-refractivity contribution in [2.45, 2.75) is 13.2 Å². The van der Waals surface area contributed by atoms with Crippen molar-refractivity contribution in [2.24, 2.45) is 0 Å². The lowest BCUT2D eigenvalue weighted by atomic mass is 10.1. The average molecular weight is 619 g/mol. The number of rotatable bonds is 9. The van der Waals surface area contributed by atoms with E-state index in [9.17, 15) is 14.4 Å². The summed E-state index contributed by atoms with van der Waals surface area (Å²) in [6.45, 7) is 0.607. The van der Waals surface area contributed by atoms with E-state index in [4.69, 9.17) is 25.8 Å². The molecule has 5 aromatic rings. The van der Waals surface area contributed by atoms with Gasteiger partial charge in [-0.3, -0.25) is 14.9 Å². The lowest BCUT2D eigenvalue weighted by Gasteiger charge is -2.26. The number of nitrogens with zero attached hydrogens (tertiary/aromatic N) is 1. The highest BCUT2D eigenvalue weighted by Gasteiger charge is 2.37. The molecule has 0 bridgehead atoms. The maximum Gasteiger partial charge on any atom is 0.335 e. The Bertz CT molecular complexity index is 1930. The molecule has 1 aliphatic rings. The molecule has 1 saturated heterocycles. The molecule has 8 nitrogen and oxygen atoms in total. The van der Waals surface area contributed by atoms with Crippen LogP contribution in [0.2, 0.25) is 5.02 Å². The molecule has 1 N–H and O–H groups in total. The first-order valence-corrected chi connectivity index (χ1v) is 14.4. The van der Waals surface area contributed by atoms with Crippen molar-refractivity contribution in [2.75, 3.05) is 12.0 Å². The third-order valence-electron chi connectivity index (χ3n) is 7.26. The molecule has 0 atom stereocenters. The predicted molar refractivity (Wildman–Crippen MR) is 173 cm³/mol. The van der Waals surface area contributed by atoms with Crippen LogP contribution in [0, 0.1) is 0 Å². The number of anilines is 1. The van der Waals surface area contributed by atoms with Crippen molar-refractivity contribution >= 4 is 52.0 Å². The van der Waals surface area contributed by atoms with E-state index in [0.717, 1.165) is 26.8 Å². The van der Waals surface area contributed by atoms with E-state index in [1.165, 1.54) is 13.2 Å². The molecule has 5 aromatic carbocycles. The smallest absolute Gasteiger partial charge is 0.335 e. The lowest BCUT2D eigenvalue weighted by Crippen LogP contribution is -2.54. The Kier molecular flexibility index (Phi) is 8.48. The normalized spacial score (nSPS) is 14.0. The molecule has 0 aliphatic carbocycles. The highest BCUT2D eigenvalue weighted by Crippen LogP contribution is 2.38. The van der Waals surface area contributed by atoms with Crippen molar-refractivity contribution in [3.63, 3.8) is 0 Å². The van der Waals surface area contributed by atoms with Crippen molar-refractivity contribution in [3.05, 3.63) is 136 Å². The molecule has 0 spiro atoms. The predicted octanol–water partition coefficient (Wildman–Crippen LogP) is 7.33. The molecule has 0 unspecified atom stereocenters. The number of carbonyl (C=O) groups excluding carboxylic acids is 3. The van der Waals surface area contributed by atoms with Crippen molar-refractivity contribution < 1.29 is 28.6 Å². The van der Waals surface area contributed by atoms with Gasteiger partial charge in [0.25, 0.3) is 11.8 Å². The summed E-state index contributed by atoms with van der Waals surface area (Å²) in [6.07, 6.45) is 1.36. The number of urea groups is 1. The molecule has 0 radical (unpaired) electrons. The van der Waals surface area contributed by atoms with Gasteiger partial charge in [0.1, 0.15) is 24.5 Å². The fourth-order valence-corrected chi connectivity index (χ4v) is 5.30. The first-order valence-electron chi connectivity index (χ1n) is 14.1. The zero-order valence-electron chi connectivity index (χ0n) is 24.2.